The Labute approximate surface area is 122 Å². The summed E-state index contributed by atoms with van der Waals surface area (Å²) in [4.78, 5) is 12.2. The molecule has 21 heavy (non-hydrogen) atoms. The van der Waals surface area contributed by atoms with Crippen molar-refractivity contribution in [3.8, 4) is 23.8 Å². The first-order chi connectivity index (χ1) is 10.2. The zero-order chi connectivity index (χ0) is 15.1. The van der Waals surface area contributed by atoms with Crippen molar-refractivity contribution in [3.05, 3.63) is 29.8 Å². The molecular formula is C14H15N5O2. The van der Waals surface area contributed by atoms with E-state index < -0.39 is 0 Å². The van der Waals surface area contributed by atoms with Crippen LogP contribution >= 0.6 is 0 Å². The molecule has 0 amide bonds. The Morgan fingerprint density at radius 3 is 2.76 bits per heavy atom. The Balaban J connectivity index is 2.23. The first kappa shape index (κ1) is 14.5. The molecule has 0 spiro atoms. The van der Waals surface area contributed by atoms with Crippen molar-refractivity contribution in [1.82, 2.24) is 15.0 Å². The topological polar surface area (TPSA) is 93.0 Å². The summed E-state index contributed by atoms with van der Waals surface area (Å²) in [5.74, 6) is 0.825. The van der Waals surface area contributed by atoms with Crippen LogP contribution in [0.5, 0.6) is 17.8 Å². The summed E-state index contributed by atoms with van der Waals surface area (Å²) in [6, 6.07) is 9.09. The average Bonchev–Trinajstić information content (AvgIpc) is 2.52. The molecule has 0 saturated heterocycles. The van der Waals surface area contributed by atoms with Crippen molar-refractivity contribution in [3.63, 3.8) is 0 Å². The Morgan fingerprint density at radius 2 is 2.05 bits per heavy atom. The highest BCUT2D eigenvalue weighted by Gasteiger charge is 2.09. The van der Waals surface area contributed by atoms with Gasteiger partial charge in [0.2, 0.25) is 5.95 Å². The van der Waals surface area contributed by atoms with E-state index in [1.165, 1.54) is 0 Å². The third-order valence-electron chi connectivity index (χ3n) is 2.43. The maximum atomic E-state index is 8.87. The molecule has 108 valence electrons. The molecule has 0 aliphatic carbocycles. The van der Waals surface area contributed by atoms with E-state index in [4.69, 9.17) is 14.7 Å². The normalized spacial score (nSPS) is 9.76. The monoisotopic (exact) mass is 285 g/mol. The van der Waals surface area contributed by atoms with Gasteiger partial charge in [-0.15, -0.1) is 4.98 Å². The number of nitriles is 1. The molecule has 7 heteroatoms. The predicted molar refractivity (Wildman–Crippen MR) is 76.4 cm³/mol. The van der Waals surface area contributed by atoms with Gasteiger partial charge in [0.25, 0.3) is 0 Å². The molecule has 0 saturated carbocycles. The van der Waals surface area contributed by atoms with Crippen LogP contribution in [0.25, 0.3) is 0 Å². The summed E-state index contributed by atoms with van der Waals surface area (Å²) in [5, 5.41) is 11.7. The third-order valence-corrected chi connectivity index (χ3v) is 2.43. The zero-order valence-corrected chi connectivity index (χ0v) is 11.8. The first-order valence-corrected chi connectivity index (χ1v) is 6.49. The standard InChI is InChI=1S/C14H15N5O2/c1-3-7-20-13-17-12(16-2)18-14(19-13)21-11-6-4-5-10(8-11)9-15/h4-6,8H,3,7H2,1-2H3,(H,16,17,18,19). The molecule has 1 N–H and O–H groups in total. The lowest BCUT2D eigenvalue weighted by atomic mass is 10.2. The fourth-order valence-electron chi connectivity index (χ4n) is 1.49. The molecule has 0 radical (unpaired) electrons. The molecule has 1 aromatic heterocycles. The second-order valence-electron chi connectivity index (χ2n) is 4.06. The molecule has 2 aromatic rings. The number of aromatic nitrogens is 3. The largest absolute Gasteiger partial charge is 0.463 e. The lowest BCUT2D eigenvalue weighted by molar-refractivity contribution is 0.285. The highest BCUT2D eigenvalue weighted by molar-refractivity contribution is 5.37. The van der Waals surface area contributed by atoms with Crippen molar-refractivity contribution >= 4 is 5.95 Å². The van der Waals surface area contributed by atoms with Crippen LogP contribution in [-0.4, -0.2) is 28.6 Å². The van der Waals surface area contributed by atoms with Gasteiger partial charge in [-0.05, 0) is 24.6 Å². The lowest BCUT2D eigenvalue weighted by Gasteiger charge is -2.08. The van der Waals surface area contributed by atoms with Gasteiger partial charge in [-0.25, -0.2) is 0 Å². The van der Waals surface area contributed by atoms with Crippen molar-refractivity contribution < 1.29 is 9.47 Å². The van der Waals surface area contributed by atoms with Crippen LogP contribution in [0.1, 0.15) is 18.9 Å². The van der Waals surface area contributed by atoms with Gasteiger partial charge in [0.05, 0.1) is 18.2 Å². The van der Waals surface area contributed by atoms with E-state index in [1.807, 2.05) is 13.0 Å². The SMILES string of the molecule is CCCOc1nc(NC)nc(Oc2cccc(C#N)c2)n1. The minimum absolute atomic E-state index is 0.107. The molecule has 0 fully saturated rings. The van der Waals surface area contributed by atoms with Gasteiger partial charge in [-0.2, -0.15) is 15.2 Å². The van der Waals surface area contributed by atoms with Gasteiger partial charge in [0.1, 0.15) is 5.75 Å². The molecule has 0 aliphatic rings. The first-order valence-electron chi connectivity index (χ1n) is 6.49. The number of ether oxygens (including phenoxy) is 2. The van der Waals surface area contributed by atoms with E-state index in [9.17, 15) is 0 Å². The van der Waals surface area contributed by atoms with E-state index in [-0.39, 0.29) is 12.0 Å². The number of benzene rings is 1. The molecule has 0 bridgehead atoms. The molecule has 1 heterocycles. The molecule has 0 atom stereocenters. The van der Waals surface area contributed by atoms with Crippen LogP contribution in [0.4, 0.5) is 5.95 Å². The van der Waals surface area contributed by atoms with Crippen LogP contribution in [-0.2, 0) is 0 Å². The van der Waals surface area contributed by atoms with Crippen molar-refractivity contribution in [2.24, 2.45) is 0 Å². The van der Waals surface area contributed by atoms with E-state index >= 15 is 0 Å². The number of hydrogen-bond donors (Lipinski definition) is 1. The molecule has 2 rings (SSSR count). The minimum Gasteiger partial charge on any atom is -0.463 e. The highest BCUT2D eigenvalue weighted by Crippen LogP contribution is 2.21. The summed E-state index contributed by atoms with van der Waals surface area (Å²) in [6.07, 6.45) is 0.848. The summed E-state index contributed by atoms with van der Waals surface area (Å²) in [5.41, 5.74) is 0.498. The van der Waals surface area contributed by atoms with E-state index in [0.717, 1.165) is 6.42 Å². The van der Waals surface area contributed by atoms with E-state index in [1.54, 1.807) is 31.3 Å². The second-order valence-corrected chi connectivity index (χ2v) is 4.06. The average molecular weight is 285 g/mol. The van der Waals surface area contributed by atoms with E-state index in [0.29, 0.717) is 23.9 Å². The smallest absolute Gasteiger partial charge is 0.330 e. The Bertz CT molecular complexity index is 654. The van der Waals surface area contributed by atoms with Gasteiger partial charge in [-0.3, -0.25) is 0 Å². The van der Waals surface area contributed by atoms with Crippen LogP contribution in [0, 0.1) is 11.3 Å². The van der Waals surface area contributed by atoms with Crippen LogP contribution in [0.3, 0.4) is 0 Å². The number of anilines is 1. The predicted octanol–water partition coefficient (Wildman–Crippen LogP) is 2.37. The minimum atomic E-state index is 0.107. The lowest BCUT2D eigenvalue weighted by Crippen LogP contribution is -2.06. The molecular weight excluding hydrogens is 270 g/mol. The van der Waals surface area contributed by atoms with Gasteiger partial charge in [0, 0.05) is 7.05 Å². The number of nitrogens with zero attached hydrogens (tertiary/aromatic N) is 4. The Kier molecular flexibility index (Phi) is 4.88. The van der Waals surface area contributed by atoms with Gasteiger partial charge in [-0.1, -0.05) is 13.0 Å². The second kappa shape index (κ2) is 7.05. The van der Waals surface area contributed by atoms with Crippen LogP contribution < -0.4 is 14.8 Å². The van der Waals surface area contributed by atoms with Gasteiger partial charge in [0.15, 0.2) is 0 Å². The maximum absolute atomic E-state index is 8.87. The van der Waals surface area contributed by atoms with Crippen LogP contribution in [0.2, 0.25) is 0 Å². The van der Waals surface area contributed by atoms with Crippen molar-refractivity contribution in [1.29, 1.82) is 5.26 Å². The number of hydrogen-bond acceptors (Lipinski definition) is 7. The van der Waals surface area contributed by atoms with Crippen molar-refractivity contribution in [2.75, 3.05) is 19.0 Å². The fraction of sp³-hybridized carbons (Fsp3) is 0.286. The fourth-order valence-corrected chi connectivity index (χ4v) is 1.49. The quantitative estimate of drug-likeness (QED) is 0.870. The highest BCUT2D eigenvalue weighted by atomic mass is 16.5. The van der Waals surface area contributed by atoms with Crippen LogP contribution in [0.15, 0.2) is 24.3 Å². The molecule has 1 aromatic carbocycles. The molecule has 7 nitrogen and oxygen atoms in total. The summed E-state index contributed by atoms with van der Waals surface area (Å²) in [7, 11) is 1.69. The Morgan fingerprint density at radius 1 is 1.24 bits per heavy atom. The third kappa shape index (κ3) is 4.04. The van der Waals surface area contributed by atoms with Gasteiger partial charge < -0.3 is 14.8 Å². The van der Waals surface area contributed by atoms with E-state index in [2.05, 4.69) is 20.3 Å². The van der Waals surface area contributed by atoms with Crippen molar-refractivity contribution in [2.45, 2.75) is 13.3 Å². The summed E-state index contributed by atoms with van der Waals surface area (Å²) in [6.45, 7) is 2.50. The number of rotatable bonds is 6. The zero-order valence-electron chi connectivity index (χ0n) is 11.8. The molecule has 0 aliphatic heterocycles. The Hall–Kier alpha value is -2.88. The summed E-state index contributed by atoms with van der Waals surface area (Å²) < 4.78 is 10.9. The maximum Gasteiger partial charge on any atom is 0.330 e. The molecule has 0 unspecified atom stereocenters. The summed E-state index contributed by atoms with van der Waals surface area (Å²) >= 11 is 0. The number of nitrogens with one attached hydrogen (secondary N) is 1. The van der Waals surface area contributed by atoms with Gasteiger partial charge >= 0.3 is 12.0 Å².